The summed E-state index contributed by atoms with van der Waals surface area (Å²) >= 11 is 0. The molecule has 0 fully saturated rings. The van der Waals surface area contributed by atoms with Crippen molar-refractivity contribution in [3.8, 4) is 28.9 Å². The normalized spacial score (nSPS) is 10.5. The quantitative estimate of drug-likeness (QED) is 0.442. The largest absolute Gasteiger partial charge is 0.497 e. The summed E-state index contributed by atoms with van der Waals surface area (Å²) in [6, 6.07) is 21.3. The van der Waals surface area contributed by atoms with Gasteiger partial charge in [-0.3, -0.25) is 4.79 Å². The minimum Gasteiger partial charge on any atom is -0.497 e. The Morgan fingerprint density at radius 1 is 0.897 bits per heavy atom. The number of hydrogen-bond donors (Lipinski definition) is 0. The van der Waals surface area contributed by atoms with Crippen LogP contribution in [-0.2, 0) is 0 Å². The molecule has 0 N–H and O–H groups in total. The molecule has 3 aromatic carbocycles. The van der Waals surface area contributed by atoms with Gasteiger partial charge in [-0.15, -0.1) is 0 Å². The van der Waals surface area contributed by atoms with Crippen molar-refractivity contribution in [2.75, 3.05) is 14.2 Å². The molecule has 0 saturated carbocycles. The van der Waals surface area contributed by atoms with Crippen molar-refractivity contribution in [3.63, 3.8) is 0 Å². The van der Waals surface area contributed by atoms with Gasteiger partial charge in [0.2, 0.25) is 0 Å². The molecule has 0 spiro atoms. The van der Waals surface area contributed by atoms with Gasteiger partial charge in [0.1, 0.15) is 22.8 Å². The lowest BCUT2D eigenvalue weighted by Crippen LogP contribution is -2.02. The van der Waals surface area contributed by atoms with E-state index < -0.39 is 0 Å². The monoisotopic (exact) mass is 383 g/mol. The second-order valence-corrected chi connectivity index (χ2v) is 6.42. The first-order chi connectivity index (χ1) is 14.1. The number of hydrogen-bond acceptors (Lipinski definition) is 5. The highest BCUT2D eigenvalue weighted by Crippen LogP contribution is 2.37. The minimum absolute atomic E-state index is 0.188. The Morgan fingerprint density at radius 2 is 1.55 bits per heavy atom. The van der Waals surface area contributed by atoms with Crippen molar-refractivity contribution in [1.29, 1.82) is 5.26 Å². The highest BCUT2D eigenvalue weighted by atomic mass is 16.5. The van der Waals surface area contributed by atoms with Crippen LogP contribution in [0.15, 0.2) is 71.1 Å². The van der Waals surface area contributed by atoms with Gasteiger partial charge in [-0.1, -0.05) is 0 Å². The third-order valence-electron chi connectivity index (χ3n) is 4.75. The molecule has 0 radical (unpaired) electrons. The molecule has 1 heterocycles. The first-order valence-corrected chi connectivity index (χ1v) is 8.94. The number of ketones is 1. The van der Waals surface area contributed by atoms with Crippen LogP contribution in [-0.4, -0.2) is 20.0 Å². The van der Waals surface area contributed by atoms with Crippen molar-refractivity contribution in [2.24, 2.45) is 0 Å². The summed E-state index contributed by atoms with van der Waals surface area (Å²) in [4.78, 5) is 13.4. The smallest absolute Gasteiger partial charge is 0.197 e. The first-order valence-electron chi connectivity index (χ1n) is 8.94. The van der Waals surface area contributed by atoms with Gasteiger partial charge in [-0.25, -0.2) is 0 Å². The molecule has 0 aliphatic rings. The van der Waals surface area contributed by atoms with Gasteiger partial charge in [0.25, 0.3) is 0 Å². The van der Waals surface area contributed by atoms with E-state index in [-0.39, 0.29) is 5.78 Å². The van der Waals surface area contributed by atoms with E-state index in [0.29, 0.717) is 44.9 Å². The van der Waals surface area contributed by atoms with Crippen LogP contribution in [0, 0.1) is 11.3 Å². The van der Waals surface area contributed by atoms with Crippen molar-refractivity contribution in [2.45, 2.75) is 0 Å². The van der Waals surface area contributed by atoms with Gasteiger partial charge in [0, 0.05) is 16.5 Å². The van der Waals surface area contributed by atoms with Crippen LogP contribution in [0.1, 0.15) is 21.5 Å². The molecule has 0 aliphatic heterocycles. The van der Waals surface area contributed by atoms with Crippen LogP contribution in [0.25, 0.3) is 22.3 Å². The van der Waals surface area contributed by atoms with E-state index in [1.165, 1.54) is 0 Å². The summed E-state index contributed by atoms with van der Waals surface area (Å²) < 4.78 is 16.6. The van der Waals surface area contributed by atoms with E-state index in [1.54, 1.807) is 56.7 Å². The first kappa shape index (κ1) is 18.3. The zero-order valence-corrected chi connectivity index (χ0v) is 15.9. The van der Waals surface area contributed by atoms with Gasteiger partial charge >= 0.3 is 0 Å². The Balaban J connectivity index is 1.92. The fourth-order valence-electron chi connectivity index (χ4n) is 3.22. The highest BCUT2D eigenvalue weighted by molar-refractivity contribution is 6.19. The van der Waals surface area contributed by atoms with Crippen molar-refractivity contribution in [3.05, 3.63) is 83.4 Å². The van der Waals surface area contributed by atoms with Crippen LogP contribution in [0.4, 0.5) is 0 Å². The van der Waals surface area contributed by atoms with E-state index in [1.807, 2.05) is 24.3 Å². The van der Waals surface area contributed by atoms with Gasteiger partial charge in [-0.05, 0) is 66.7 Å². The number of rotatable bonds is 5. The van der Waals surface area contributed by atoms with E-state index in [9.17, 15) is 4.79 Å². The van der Waals surface area contributed by atoms with Crippen LogP contribution >= 0.6 is 0 Å². The lowest BCUT2D eigenvalue weighted by molar-refractivity contribution is 0.104. The molecule has 142 valence electrons. The van der Waals surface area contributed by atoms with Gasteiger partial charge < -0.3 is 13.9 Å². The molecular formula is C24H17NO4. The maximum Gasteiger partial charge on any atom is 0.197 e. The van der Waals surface area contributed by atoms with Crippen LogP contribution in [0.5, 0.6) is 11.5 Å². The summed E-state index contributed by atoms with van der Waals surface area (Å²) in [5.74, 6) is 1.64. The number of carbonyl (C=O) groups excluding carboxylic acids is 1. The minimum atomic E-state index is -0.188. The molecule has 0 bridgehead atoms. The van der Waals surface area contributed by atoms with E-state index in [0.717, 1.165) is 5.56 Å². The lowest BCUT2D eigenvalue weighted by Gasteiger charge is -2.05. The molecule has 0 aliphatic carbocycles. The molecular weight excluding hydrogens is 366 g/mol. The lowest BCUT2D eigenvalue weighted by atomic mass is 9.97. The topological polar surface area (TPSA) is 72.5 Å². The number of furan rings is 1. The molecule has 1 aromatic heterocycles. The average molecular weight is 383 g/mol. The third-order valence-corrected chi connectivity index (χ3v) is 4.75. The van der Waals surface area contributed by atoms with Gasteiger partial charge in [-0.2, -0.15) is 5.26 Å². The maximum atomic E-state index is 13.4. The molecule has 5 heteroatoms. The van der Waals surface area contributed by atoms with Crippen molar-refractivity contribution in [1.82, 2.24) is 0 Å². The van der Waals surface area contributed by atoms with Crippen LogP contribution < -0.4 is 9.47 Å². The number of ether oxygens (including phenoxy) is 2. The maximum absolute atomic E-state index is 13.4. The highest BCUT2D eigenvalue weighted by Gasteiger charge is 2.24. The zero-order valence-electron chi connectivity index (χ0n) is 15.9. The predicted octanol–water partition coefficient (Wildman–Crippen LogP) is 5.22. The standard InChI is InChI=1S/C24H17NO4/c1-27-18-9-7-17(8-10-18)24-22(20-13-19(28-2)11-12-21(20)29-24)23(26)16-5-3-15(14-25)4-6-16/h3-13H,1-2H3. The summed E-state index contributed by atoms with van der Waals surface area (Å²) in [6.45, 7) is 0. The predicted molar refractivity (Wildman–Crippen MR) is 109 cm³/mol. The average Bonchev–Trinajstić information content (AvgIpc) is 3.17. The van der Waals surface area contributed by atoms with E-state index in [4.69, 9.17) is 19.2 Å². The Labute approximate surface area is 167 Å². The third kappa shape index (κ3) is 3.32. The Morgan fingerprint density at radius 3 is 2.17 bits per heavy atom. The number of carbonyl (C=O) groups is 1. The second-order valence-electron chi connectivity index (χ2n) is 6.42. The number of nitriles is 1. The molecule has 0 saturated heterocycles. The Bertz CT molecular complexity index is 1230. The number of fused-ring (bicyclic) bond motifs is 1. The second kappa shape index (κ2) is 7.53. The van der Waals surface area contributed by atoms with Crippen LogP contribution in [0.2, 0.25) is 0 Å². The molecule has 0 amide bonds. The summed E-state index contributed by atoms with van der Waals surface area (Å²) in [7, 11) is 3.18. The summed E-state index contributed by atoms with van der Waals surface area (Å²) in [6.07, 6.45) is 0. The Kier molecular flexibility index (Phi) is 4.76. The fraction of sp³-hybridized carbons (Fsp3) is 0.0833. The van der Waals surface area contributed by atoms with Crippen LogP contribution in [0.3, 0.4) is 0 Å². The summed E-state index contributed by atoms with van der Waals surface area (Å²) in [5, 5.41) is 9.68. The molecule has 4 aromatic rings. The molecule has 5 nitrogen and oxygen atoms in total. The van der Waals surface area contributed by atoms with Gasteiger partial charge in [0.15, 0.2) is 5.78 Å². The van der Waals surface area contributed by atoms with E-state index >= 15 is 0 Å². The molecule has 29 heavy (non-hydrogen) atoms. The molecule has 0 unspecified atom stereocenters. The number of nitrogens with zero attached hydrogens (tertiary/aromatic N) is 1. The van der Waals surface area contributed by atoms with E-state index in [2.05, 4.69) is 6.07 Å². The molecule has 0 atom stereocenters. The Hall–Kier alpha value is -4.04. The SMILES string of the molecule is COc1ccc(-c2oc3ccc(OC)cc3c2C(=O)c2ccc(C#N)cc2)cc1. The van der Waals surface area contributed by atoms with Crippen molar-refractivity contribution >= 4 is 16.8 Å². The number of methoxy groups -OCH3 is 2. The fourth-order valence-corrected chi connectivity index (χ4v) is 3.22. The van der Waals surface area contributed by atoms with Gasteiger partial charge in [0.05, 0.1) is 31.4 Å². The summed E-state index contributed by atoms with van der Waals surface area (Å²) in [5.41, 5.74) is 2.78. The van der Waals surface area contributed by atoms with Crippen molar-refractivity contribution < 1.29 is 18.7 Å². The number of benzene rings is 3. The molecule has 4 rings (SSSR count). The zero-order chi connectivity index (χ0) is 20.4.